The van der Waals surface area contributed by atoms with Crippen LogP contribution in [0.3, 0.4) is 0 Å². The summed E-state index contributed by atoms with van der Waals surface area (Å²) in [5.74, 6) is -0.766. The van der Waals surface area contributed by atoms with E-state index < -0.39 is 34.1 Å². The largest absolute Gasteiger partial charge is 0.519 e. The first-order chi connectivity index (χ1) is 15.1. The monoisotopic (exact) mass is 488 g/mol. The number of rotatable bonds is 5. The minimum Gasteiger partial charge on any atom is -0.519 e. The molecule has 0 N–H and O–H groups in total. The van der Waals surface area contributed by atoms with Crippen LogP contribution in [0.1, 0.15) is 32.6 Å². The van der Waals surface area contributed by atoms with Gasteiger partial charge in [0.2, 0.25) is 8.32 Å². The van der Waals surface area contributed by atoms with Gasteiger partial charge in [0, 0.05) is 11.3 Å². The van der Waals surface area contributed by atoms with Crippen LogP contribution in [-0.4, -0.2) is 41.8 Å². The molecule has 0 aromatic carbocycles. The maximum Gasteiger partial charge on any atom is 0.310 e. The van der Waals surface area contributed by atoms with E-state index >= 15 is 0 Å². The quantitative estimate of drug-likeness (QED) is 0.285. The van der Waals surface area contributed by atoms with E-state index in [4.69, 9.17) is 13.6 Å². The van der Waals surface area contributed by atoms with Crippen LogP contribution < -0.4 is 0 Å². The fourth-order valence-corrected chi connectivity index (χ4v) is 8.82. The summed E-state index contributed by atoms with van der Waals surface area (Å²) in [5, 5.41) is 0. The summed E-state index contributed by atoms with van der Waals surface area (Å²) >= 11 is 0. The lowest BCUT2D eigenvalue weighted by molar-refractivity contribution is -0.163. The Bertz CT molecular complexity index is 953. The number of esters is 1. The third-order valence-electron chi connectivity index (χ3n) is 8.15. The lowest BCUT2D eigenvalue weighted by atomic mass is 9.59. The van der Waals surface area contributed by atoms with E-state index in [-0.39, 0.29) is 23.3 Å². The van der Waals surface area contributed by atoms with Crippen molar-refractivity contribution in [3.63, 3.8) is 0 Å². The highest BCUT2D eigenvalue weighted by Gasteiger charge is 2.68. The molecule has 2 unspecified atom stereocenters. The average molecular weight is 489 g/mol. The Kier molecular flexibility index (Phi) is 5.82. The number of carbonyl (C=O) groups excluding carboxylic acids is 2. The lowest BCUT2D eigenvalue weighted by Gasteiger charge is -2.48. The Morgan fingerprint density at radius 1 is 1.12 bits per heavy atom. The Hall–Kier alpha value is -1.45. The maximum absolute atomic E-state index is 14.0. The van der Waals surface area contributed by atoms with Gasteiger partial charge >= 0.3 is 11.9 Å². The fraction of sp³-hybridized carbons (Fsp3) is 0.692. The van der Waals surface area contributed by atoms with E-state index in [0.29, 0.717) is 5.92 Å². The summed E-state index contributed by atoms with van der Waals surface area (Å²) in [7, 11) is -2.71. The molecule has 4 aliphatic carbocycles. The molecule has 1 spiro atoms. The summed E-state index contributed by atoms with van der Waals surface area (Å²) in [5.41, 5.74) is 2.42. The van der Waals surface area contributed by atoms with Crippen molar-refractivity contribution < 1.29 is 23.2 Å². The molecule has 33 heavy (non-hydrogen) atoms. The second-order valence-corrected chi connectivity index (χ2v) is 21.5. The SMILES string of the molecule is C=C1C[C@]23CC1CCC2=C1C=C[C@H](O[Si](C)(C)C)C(C)(C(=O)O[Si](C)(C)C)[C@H]1[C@@H]3C(=O)OC. The topological polar surface area (TPSA) is 61.8 Å². The van der Waals surface area contributed by atoms with Crippen molar-refractivity contribution in [3.8, 4) is 0 Å². The van der Waals surface area contributed by atoms with E-state index in [0.717, 1.165) is 31.3 Å². The fourth-order valence-electron chi connectivity index (χ4n) is 6.96. The normalized spacial score (nSPS) is 37.6. The molecular weight excluding hydrogens is 448 g/mol. The zero-order chi connectivity index (χ0) is 24.6. The second-order valence-electron chi connectivity index (χ2n) is 12.6. The number of hydrogen-bond acceptors (Lipinski definition) is 5. The summed E-state index contributed by atoms with van der Waals surface area (Å²) < 4.78 is 18.2. The Morgan fingerprint density at radius 3 is 2.36 bits per heavy atom. The van der Waals surface area contributed by atoms with Crippen LogP contribution in [0.4, 0.5) is 0 Å². The van der Waals surface area contributed by atoms with Gasteiger partial charge in [-0.15, -0.1) is 0 Å². The van der Waals surface area contributed by atoms with Crippen LogP contribution in [0.2, 0.25) is 39.3 Å². The summed E-state index contributed by atoms with van der Waals surface area (Å²) in [4.78, 5) is 27.5. The van der Waals surface area contributed by atoms with Crippen molar-refractivity contribution in [2.45, 2.75) is 78.0 Å². The molecule has 2 bridgehead atoms. The summed E-state index contributed by atoms with van der Waals surface area (Å²) in [6, 6.07) is 0. The van der Waals surface area contributed by atoms with Crippen LogP contribution >= 0.6 is 0 Å². The van der Waals surface area contributed by atoms with E-state index in [1.165, 1.54) is 18.3 Å². The molecule has 2 saturated carbocycles. The molecule has 0 saturated heterocycles. The zero-order valence-corrected chi connectivity index (χ0v) is 23.5. The number of allylic oxidation sites excluding steroid dienone is 4. The highest BCUT2D eigenvalue weighted by molar-refractivity contribution is 6.71. The molecule has 4 aliphatic rings. The minimum absolute atomic E-state index is 0.225. The van der Waals surface area contributed by atoms with Gasteiger partial charge in [0.05, 0.1) is 24.5 Å². The highest BCUT2D eigenvalue weighted by Crippen LogP contribution is 2.70. The average Bonchev–Trinajstić information content (AvgIpc) is 3.11. The molecule has 0 aromatic heterocycles. The smallest absolute Gasteiger partial charge is 0.310 e. The van der Waals surface area contributed by atoms with Crippen molar-refractivity contribution in [1.29, 1.82) is 0 Å². The lowest BCUT2D eigenvalue weighted by Crippen LogP contribution is -2.57. The summed E-state index contributed by atoms with van der Waals surface area (Å²) in [6.45, 7) is 18.8. The summed E-state index contributed by atoms with van der Waals surface area (Å²) in [6.07, 6.45) is 7.52. The minimum atomic E-state index is -2.17. The second kappa shape index (κ2) is 7.78. The molecule has 182 valence electrons. The van der Waals surface area contributed by atoms with Gasteiger partial charge in [0.25, 0.3) is 0 Å². The van der Waals surface area contributed by atoms with E-state index in [1.807, 2.05) is 26.6 Å². The van der Waals surface area contributed by atoms with Crippen molar-refractivity contribution in [1.82, 2.24) is 0 Å². The third kappa shape index (κ3) is 3.84. The van der Waals surface area contributed by atoms with Crippen molar-refractivity contribution in [2.24, 2.45) is 28.6 Å². The van der Waals surface area contributed by atoms with Crippen LogP contribution in [0.25, 0.3) is 0 Å². The molecule has 0 aliphatic heterocycles. The van der Waals surface area contributed by atoms with Gasteiger partial charge in [0.15, 0.2) is 8.32 Å². The molecule has 7 heteroatoms. The van der Waals surface area contributed by atoms with E-state index in [9.17, 15) is 9.59 Å². The number of ether oxygens (including phenoxy) is 1. The molecule has 2 fully saturated rings. The van der Waals surface area contributed by atoms with Crippen molar-refractivity contribution in [2.75, 3.05) is 7.11 Å². The first kappa shape index (κ1) is 24.7. The molecule has 0 amide bonds. The van der Waals surface area contributed by atoms with Gasteiger partial charge in [0.1, 0.15) is 0 Å². The van der Waals surface area contributed by atoms with Gasteiger partial charge < -0.3 is 13.6 Å². The first-order valence-corrected chi connectivity index (χ1v) is 19.0. The van der Waals surface area contributed by atoms with Crippen LogP contribution in [-0.2, 0) is 23.2 Å². The number of carbonyl (C=O) groups is 2. The number of methoxy groups -OCH3 is 1. The Balaban J connectivity index is 1.92. The van der Waals surface area contributed by atoms with Gasteiger partial charge in [-0.05, 0) is 83.4 Å². The van der Waals surface area contributed by atoms with E-state index in [1.54, 1.807) is 0 Å². The predicted molar refractivity (Wildman–Crippen MR) is 134 cm³/mol. The number of fused-ring (bicyclic) bond motifs is 2. The number of hydrogen-bond donors (Lipinski definition) is 0. The maximum atomic E-state index is 14.0. The van der Waals surface area contributed by atoms with Crippen LogP contribution in [0, 0.1) is 28.6 Å². The van der Waals surface area contributed by atoms with Crippen molar-refractivity contribution >= 4 is 28.6 Å². The predicted octanol–water partition coefficient (Wildman–Crippen LogP) is 5.62. The molecular formula is C26H40O5Si2. The third-order valence-corrected chi connectivity index (χ3v) is 9.91. The van der Waals surface area contributed by atoms with Crippen LogP contribution in [0.15, 0.2) is 35.5 Å². The Morgan fingerprint density at radius 2 is 1.79 bits per heavy atom. The molecule has 0 radical (unpaired) electrons. The van der Waals surface area contributed by atoms with E-state index in [2.05, 4.69) is 38.4 Å². The molecule has 0 heterocycles. The molecule has 5 nitrogen and oxygen atoms in total. The standard InChI is InChI=1S/C26H40O5Si2/c1-16-14-26-15-17(16)10-12-19(26)18-11-13-20(30-32(4,5)6)25(2,24(28)31-33(7,8)9)21(18)22(26)23(27)29-3/h11,13,17,20-22H,1,10,12,14-15H2,2-9H3/t17?,20-,21+,22+,25?,26-/m0/s1. The van der Waals surface area contributed by atoms with Gasteiger partial charge in [-0.3, -0.25) is 9.59 Å². The van der Waals surface area contributed by atoms with Gasteiger partial charge in [-0.25, -0.2) is 0 Å². The Labute approximate surface area is 200 Å². The van der Waals surface area contributed by atoms with Crippen molar-refractivity contribution in [3.05, 3.63) is 35.5 Å². The molecule has 0 aromatic rings. The first-order valence-electron chi connectivity index (χ1n) is 12.2. The van der Waals surface area contributed by atoms with Gasteiger partial charge in [-0.1, -0.05) is 29.9 Å². The molecule has 6 atom stereocenters. The van der Waals surface area contributed by atoms with Crippen LogP contribution in [0.5, 0.6) is 0 Å². The van der Waals surface area contributed by atoms with Gasteiger partial charge in [-0.2, -0.15) is 0 Å². The molecule has 4 rings (SSSR count). The zero-order valence-electron chi connectivity index (χ0n) is 21.5. The highest BCUT2D eigenvalue weighted by atomic mass is 28.4.